The summed E-state index contributed by atoms with van der Waals surface area (Å²) in [5.41, 5.74) is 0. The van der Waals surface area contributed by atoms with Gasteiger partial charge in [-0.2, -0.15) is 0 Å². The van der Waals surface area contributed by atoms with E-state index in [1.165, 1.54) is 0 Å². The Morgan fingerprint density at radius 2 is 1.80 bits per heavy atom. The van der Waals surface area contributed by atoms with Gasteiger partial charge in [-0.25, -0.2) is 27.1 Å². The summed E-state index contributed by atoms with van der Waals surface area (Å²) in [6.45, 7) is 3.36. The van der Waals surface area contributed by atoms with Crippen molar-refractivity contribution in [2.45, 2.75) is 29.4 Å². The summed E-state index contributed by atoms with van der Waals surface area (Å²) in [5, 5.41) is 8.02. The maximum atomic E-state index is 11.6. The minimum atomic E-state index is -4.50. The van der Waals surface area contributed by atoms with Crippen molar-refractivity contribution < 1.29 is 21.6 Å². The average Bonchev–Trinajstić information content (AvgIpc) is 2.18. The summed E-state index contributed by atoms with van der Waals surface area (Å²) in [4.78, 5) is 0. The average molecular weight is 365 g/mol. The molecule has 2 atom stereocenters. The smallest absolute Gasteiger partial charge is 0.234 e. The maximum Gasteiger partial charge on any atom is 0.234 e. The molecule has 11 heteroatoms. The number of ether oxygens (including phenoxy) is 1. The van der Waals surface area contributed by atoms with Crippen LogP contribution in [0.3, 0.4) is 0 Å². The van der Waals surface area contributed by atoms with Crippen LogP contribution in [0.25, 0.3) is 0 Å². The molecule has 7 nitrogen and oxygen atoms in total. The number of nitrogens with two attached hydrogens (primary N) is 2. The number of sulfonamides is 2. The van der Waals surface area contributed by atoms with E-state index in [1.54, 1.807) is 13.8 Å². The molecule has 2 unspecified atom stereocenters. The molecule has 1 rings (SSSR count). The summed E-state index contributed by atoms with van der Waals surface area (Å²) >= 11 is 11.7. The Bertz CT molecular complexity index is 668. The standard InChI is InChI=1S/C9H14Cl2N2O5S2/c1-5(2)18-7-3-8(19(12,14)15)9(11,4-6(7)10)20(13,16)17/h3-5,8H,1-2H3,(H2,12,14,15)(H2,13,16,17). The van der Waals surface area contributed by atoms with Crippen LogP contribution in [-0.2, 0) is 24.8 Å². The van der Waals surface area contributed by atoms with Gasteiger partial charge in [-0.1, -0.05) is 23.2 Å². The molecule has 1 aliphatic rings. The number of hydrogen-bond donors (Lipinski definition) is 2. The normalized spacial score (nSPS) is 28.1. The zero-order valence-electron chi connectivity index (χ0n) is 10.6. The van der Waals surface area contributed by atoms with Gasteiger partial charge in [0.15, 0.2) is 0 Å². The zero-order valence-corrected chi connectivity index (χ0v) is 13.7. The first-order valence-corrected chi connectivity index (χ1v) is 9.20. The molecule has 0 amide bonds. The van der Waals surface area contributed by atoms with E-state index in [1.807, 2.05) is 0 Å². The third-order valence-corrected chi connectivity index (χ3v) is 6.43. The number of rotatable bonds is 4. The second-order valence-corrected chi connectivity index (χ2v) is 9.15. The van der Waals surface area contributed by atoms with Gasteiger partial charge in [-0.05, 0) is 26.0 Å². The maximum absolute atomic E-state index is 11.6. The third kappa shape index (κ3) is 3.46. The summed E-state index contributed by atoms with van der Waals surface area (Å²) in [6.07, 6.45) is 1.43. The molecule has 0 bridgehead atoms. The predicted octanol–water partition coefficient (Wildman–Crippen LogP) is 0.312. The highest BCUT2D eigenvalue weighted by molar-refractivity contribution is 7.95. The molecular formula is C9H14Cl2N2O5S2. The largest absolute Gasteiger partial charge is 0.490 e. The molecule has 0 fully saturated rings. The molecule has 0 aromatic rings. The molecule has 0 saturated heterocycles. The Labute approximate surface area is 127 Å². The van der Waals surface area contributed by atoms with Crippen LogP contribution in [0.2, 0.25) is 0 Å². The second-order valence-electron chi connectivity index (χ2n) is 4.44. The lowest BCUT2D eigenvalue weighted by molar-refractivity contribution is 0.154. The van der Waals surface area contributed by atoms with E-state index in [2.05, 4.69) is 0 Å². The van der Waals surface area contributed by atoms with Crippen LogP contribution in [0.4, 0.5) is 0 Å². The number of halogens is 2. The summed E-state index contributed by atoms with van der Waals surface area (Å²) in [6, 6.07) is 0. The van der Waals surface area contributed by atoms with Gasteiger partial charge < -0.3 is 4.74 Å². The molecule has 0 saturated carbocycles. The highest BCUT2D eigenvalue weighted by atomic mass is 35.5. The predicted molar refractivity (Wildman–Crippen MR) is 76.8 cm³/mol. The van der Waals surface area contributed by atoms with Gasteiger partial charge in [0.05, 0.1) is 11.1 Å². The Kier molecular flexibility index (Phi) is 4.85. The van der Waals surface area contributed by atoms with Crippen molar-refractivity contribution in [3.63, 3.8) is 0 Å². The first-order chi connectivity index (χ1) is 8.79. The Hall–Kier alpha value is -0.320. The number of alkyl halides is 1. The van der Waals surface area contributed by atoms with E-state index in [-0.39, 0.29) is 16.9 Å². The molecule has 0 radical (unpaired) electrons. The number of hydrogen-bond acceptors (Lipinski definition) is 5. The van der Waals surface area contributed by atoms with Crippen molar-refractivity contribution in [1.29, 1.82) is 0 Å². The molecule has 0 heterocycles. The molecule has 1 aliphatic carbocycles. The van der Waals surface area contributed by atoms with E-state index in [0.717, 1.165) is 12.2 Å². The minimum absolute atomic E-state index is 0.0272. The van der Waals surface area contributed by atoms with Crippen LogP contribution >= 0.6 is 23.2 Å². The summed E-state index contributed by atoms with van der Waals surface area (Å²) in [5.74, 6) is -0.0272. The van der Waals surface area contributed by atoms with Gasteiger partial charge in [-0.3, -0.25) is 0 Å². The van der Waals surface area contributed by atoms with Crippen LogP contribution in [-0.4, -0.2) is 32.4 Å². The lowest BCUT2D eigenvalue weighted by Crippen LogP contribution is -2.52. The molecule has 0 spiro atoms. The van der Waals surface area contributed by atoms with Crippen molar-refractivity contribution in [3.8, 4) is 0 Å². The van der Waals surface area contributed by atoms with Crippen molar-refractivity contribution in [2.75, 3.05) is 0 Å². The SMILES string of the molecule is CC(C)OC1=CC(S(N)(=O)=O)C(Cl)(S(N)(=O)=O)C=C1Cl. The molecule has 0 aliphatic heterocycles. The topological polar surface area (TPSA) is 130 Å². The Morgan fingerprint density at radius 1 is 1.30 bits per heavy atom. The van der Waals surface area contributed by atoms with Crippen molar-refractivity contribution in [2.24, 2.45) is 10.3 Å². The second kappa shape index (κ2) is 5.47. The van der Waals surface area contributed by atoms with Crippen molar-refractivity contribution in [3.05, 3.63) is 22.9 Å². The van der Waals surface area contributed by atoms with Crippen molar-refractivity contribution in [1.82, 2.24) is 0 Å². The minimum Gasteiger partial charge on any atom is -0.490 e. The highest BCUT2D eigenvalue weighted by Crippen LogP contribution is 2.40. The lowest BCUT2D eigenvalue weighted by atomic mass is 10.1. The first-order valence-electron chi connectivity index (χ1n) is 5.29. The van der Waals surface area contributed by atoms with Gasteiger partial charge in [0.1, 0.15) is 11.0 Å². The molecule has 20 heavy (non-hydrogen) atoms. The fourth-order valence-electron chi connectivity index (χ4n) is 1.57. The van der Waals surface area contributed by atoms with Crippen LogP contribution in [0.5, 0.6) is 0 Å². The fourth-order valence-corrected chi connectivity index (χ4v) is 4.82. The lowest BCUT2D eigenvalue weighted by Gasteiger charge is -2.31. The molecule has 0 aromatic heterocycles. The molecule has 116 valence electrons. The van der Waals surface area contributed by atoms with E-state index in [0.29, 0.717) is 0 Å². The third-order valence-electron chi connectivity index (χ3n) is 2.40. The van der Waals surface area contributed by atoms with E-state index >= 15 is 0 Å². The Balaban J connectivity index is 3.51. The van der Waals surface area contributed by atoms with E-state index in [9.17, 15) is 16.8 Å². The van der Waals surface area contributed by atoms with Gasteiger partial charge in [0.2, 0.25) is 24.3 Å². The van der Waals surface area contributed by atoms with E-state index in [4.69, 9.17) is 38.2 Å². The molecule has 0 aromatic carbocycles. The van der Waals surface area contributed by atoms with Crippen LogP contribution in [0.15, 0.2) is 22.9 Å². The van der Waals surface area contributed by atoms with E-state index < -0.39 is 29.5 Å². The van der Waals surface area contributed by atoms with Crippen LogP contribution in [0.1, 0.15) is 13.8 Å². The number of primary sulfonamides is 2. The quantitative estimate of drug-likeness (QED) is 0.693. The monoisotopic (exact) mass is 364 g/mol. The van der Waals surface area contributed by atoms with Gasteiger partial charge in [-0.15, -0.1) is 0 Å². The number of allylic oxidation sites excluding steroid dienone is 1. The molecule has 4 N–H and O–H groups in total. The van der Waals surface area contributed by atoms with Crippen LogP contribution < -0.4 is 10.3 Å². The van der Waals surface area contributed by atoms with Crippen molar-refractivity contribution >= 4 is 43.2 Å². The summed E-state index contributed by atoms with van der Waals surface area (Å²) in [7, 11) is -8.86. The van der Waals surface area contributed by atoms with Gasteiger partial charge >= 0.3 is 0 Å². The zero-order chi connectivity index (χ0) is 15.9. The van der Waals surface area contributed by atoms with Gasteiger partial charge in [0, 0.05) is 0 Å². The molecular weight excluding hydrogens is 351 g/mol. The summed E-state index contributed by atoms with van der Waals surface area (Å²) < 4.78 is 49.2. The van der Waals surface area contributed by atoms with Crippen LogP contribution in [0, 0.1) is 0 Å². The first kappa shape index (κ1) is 17.7. The highest BCUT2D eigenvalue weighted by Gasteiger charge is 2.52. The Morgan fingerprint density at radius 3 is 2.15 bits per heavy atom. The van der Waals surface area contributed by atoms with Gasteiger partial charge in [0.25, 0.3) is 0 Å². The fraction of sp³-hybridized carbons (Fsp3) is 0.556.